The second-order valence-electron chi connectivity index (χ2n) is 4.08. The van der Waals surface area contributed by atoms with Crippen molar-refractivity contribution in [1.29, 1.82) is 0 Å². The van der Waals surface area contributed by atoms with E-state index < -0.39 is 30.1 Å². The molecule has 9 nitrogen and oxygen atoms in total. The molecule has 0 saturated carbocycles. The number of rotatable bonds is 9. The van der Waals surface area contributed by atoms with Crippen LogP contribution in [0.1, 0.15) is 19.3 Å². The molecule has 0 saturated heterocycles. The van der Waals surface area contributed by atoms with Crippen molar-refractivity contribution in [2.45, 2.75) is 25.4 Å². The normalized spacial score (nSPS) is 10.6. The van der Waals surface area contributed by atoms with Crippen LogP contribution in [0.3, 0.4) is 0 Å². The van der Waals surface area contributed by atoms with Crippen LogP contribution in [-0.2, 0) is 19.2 Å². The van der Waals surface area contributed by atoms with Crippen molar-refractivity contribution in [2.75, 3.05) is 19.6 Å². The molecule has 23 heavy (non-hydrogen) atoms. The Bertz CT molecular complexity index is 381. The number of halogens is 3. The van der Waals surface area contributed by atoms with Crippen molar-refractivity contribution >= 4 is 23.9 Å². The molecule has 0 heterocycles. The van der Waals surface area contributed by atoms with Gasteiger partial charge < -0.3 is 25.3 Å². The van der Waals surface area contributed by atoms with Gasteiger partial charge in [-0.15, -0.1) is 0 Å². The first-order valence-corrected chi connectivity index (χ1v) is 6.04. The molecule has 0 aliphatic carbocycles. The minimum Gasteiger partial charge on any atom is -0.481 e. The standard InChI is InChI=1S/C9H15NO6.C2HF3O2/c11-7(12)1-4-10(5-2-8(13)14)6-3-9(15)16;3-2(4,5)1(6)7/h1-6H2,(H,11,12)(H,13,14)(H,15,16);(H,6,7). The zero-order chi connectivity index (χ0) is 18.6. The molecule has 0 spiro atoms. The van der Waals surface area contributed by atoms with Gasteiger partial charge in [0.15, 0.2) is 0 Å². The number of hydrogen-bond donors (Lipinski definition) is 4. The summed E-state index contributed by atoms with van der Waals surface area (Å²) in [6.07, 6.45) is -5.46. The molecule has 0 aliphatic rings. The summed E-state index contributed by atoms with van der Waals surface area (Å²) in [5.41, 5.74) is 0. The molecule has 0 fully saturated rings. The molecule has 0 rings (SSSR count). The lowest BCUT2D eigenvalue weighted by atomic mass is 10.3. The van der Waals surface area contributed by atoms with E-state index in [9.17, 15) is 27.6 Å². The number of alkyl halides is 3. The second kappa shape index (κ2) is 11.2. The monoisotopic (exact) mass is 347 g/mol. The Morgan fingerprint density at radius 1 is 0.696 bits per heavy atom. The molecule has 0 bridgehead atoms. The Labute approximate surface area is 127 Å². The van der Waals surface area contributed by atoms with E-state index in [0.717, 1.165) is 0 Å². The fourth-order valence-electron chi connectivity index (χ4n) is 1.10. The molecule has 0 unspecified atom stereocenters. The third-order valence-corrected chi connectivity index (χ3v) is 2.17. The van der Waals surface area contributed by atoms with Gasteiger partial charge >= 0.3 is 30.1 Å². The van der Waals surface area contributed by atoms with Crippen molar-refractivity contribution in [3.05, 3.63) is 0 Å². The first-order chi connectivity index (χ1) is 10.4. The quantitative estimate of drug-likeness (QED) is 0.462. The summed E-state index contributed by atoms with van der Waals surface area (Å²) in [4.78, 5) is 41.4. The van der Waals surface area contributed by atoms with Gasteiger partial charge in [-0.05, 0) is 0 Å². The van der Waals surface area contributed by atoms with E-state index in [1.807, 2.05) is 0 Å². The van der Waals surface area contributed by atoms with Crippen LogP contribution in [0.4, 0.5) is 13.2 Å². The largest absolute Gasteiger partial charge is 0.490 e. The highest BCUT2D eigenvalue weighted by molar-refractivity contribution is 5.73. The third-order valence-electron chi connectivity index (χ3n) is 2.17. The minimum atomic E-state index is -5.08. The summed E-state index contributed by atoms with van der Waals surface area (Å²) in [5.74, 6) is -5.73. The van der Waals surface area contributed by atoms with Crippen LogP contribution in [0.25, 0.3) is 0 Å². The predicted octanol–water partition coefficient (Wildman–Crippen LogP) is 0.346. The average Bonchev–Trinajstić information content (AvgIpc) is 2.36. The van der Waals surface area contributed by atoms with E-state index in [2.05, 4.69) is 0 Å². The summed E-state index contributed by atoms with van der Waals surface area (Å²) in [6, 6.07) is 0. The topological polar surface area (TPSA) is 152 Å². The Kier molecular flexibility index (Phi) is 11.2. The summed E-state index contributed by atoms with van der Waals surface area (Å²) in [7, 11) is 0. The van der Waals surface area contributed by atoms with E-state index in [0.29, 0.717) is 0 Å². The Balaban J connectivity index is 0. The Morgan fingerprint density at radius 3 is 1.04 bits per heavy atom. The number of hydrogen-bond acceptors (Lipinski definition) is 5. The maximum Gasteiger partial charge on any atom is 0.490 e. The van der Waals surface area contributed by atoms with Gasteiger partial charge in [0.05, 0.1) is 19.3 Å². The first kappa shape index (κ1) is 22.9. The third kappa shape index (κ3) is 17.6. The van der Waals surface area contributed by atoms with E-state index in [1.165, 1.54) is 4.90 Å². The van der Waals surface area contributed by atoms with Crippen LogP contribution >= 0.6 is 0 Å². The van der Waals surface area contributed by atoms with Crippen molar-refractivity contribution in [3.63, 3.8) is 0 Å². The molecule has 0 amide bonds. The predicted molar refractivity (Wildman–Crippen MR) is 66.9 cm³/mol. The van der Waals surface area contributed by atoms with E-state index in [1.54, 1.807) is 0 Å². The molecule has 0 aromatic heterocycles. The lowest BCUT2D eigenvalue weighted by Gasteiger charge is -2.19. The minimum absolute atomic E-state index is 0.126. The van der Waals surface area contributed by atoms with Gasteiger partial charge in [-0.3, -0.25) is 14.4 Å². The number of nitrogens with zero attached hydrogens (tertiary/aromatic N) is 1. The van der Waals surface area contributed by atoms with E-state index in [4.69, 9.17) is 25.2 Å². The smallest absolute Gasteiger partial charge is 0.481 e. The van der Waals surface area contributed by atoms with Crippen LogP contribution in [0.15, 0.2) is 0 Å². The highest BCUT2D eigenvalue weighted by atomic mass is 19.4. The van der Waals surface area contributed by atoms with Crippen LogP contribution in [0, 0.1) is 0 Å². The molecule has 0 aromatic carbocycles. The molecule has 4 N–H and O–H groups in total. The second-order valence-corrected chi connectivity index (χ2v) is 4.08. The number of carboxylic acid groups (broad SMARTS) is 4. The zero-order valence-corrected chi connectivity index (χ0v) is 11.7. The molecule has 0 radical (unpaired) electrons. The highest BCUT2D eigenvalue weighted by Gasteiger charge is 2.38. The van der Waals surface area contributed by atoms with Gasteiger partial charge in [-0.25, -0.2) is 4.79 Å². The maximum absolute atomic E-state index is 10.6. The van der Waals surface area contributed by atoms with Crippen molar-refractivity contribution < 1.29 is 52.8 Å². The van der Waals surface area contributed by atoms with Crippen LogP contribution in [0.5, 0.6) is 0 Å². The number of carbonyl (C=O) groups is 4. The van der Waals surface area contributed by atoms with E-state index >= 15 is 0 Å². The lowest BCUT2D eigenvalue weighted by molar-refractivity contribution is -0.192. The van der Waals surface area contributed by atoms with Gasteiger partial charge in [0.1, 0.15) is 0 Å². The Hall–Kier alpha value is -2.37. The maximum atomic E-state index is 10.6. The SMILES string of the molecule is O=C(O)C(F)(F)F.O=C(O)CCN(CCC(=O)O)CCC(=O)O. The molecule has 12 heteroatoms. The summed E-state index contributed by atoms with van der Waals surface area (Å²) < 4.78 is 31.7. The lowest BCUT2D eigenvalue weighted by Crippen LogP contribution is -2.31. The zero-order valence-electron chi connectivity index (χ0n) is 11.7. The number of carboxylic acids is 4. The fraction of sp³-hybridized carbons (Fsp3) is 0.636. The van der Waals surface area contributed by atoms with Gasteiger partial charge in [-0.2, -0.15) is 13.2 Å². The van der Waals surface area contributed by atoms with Gasteiger partial charge in [0.25, 0.3) is 0 Å². The number of aliphatic carboxylic acids is 4. The summed E-state index contributed by atoms with van der Waals surface area (Å²) in [6.45, 7) is 0.488. The van der Waals surface area contributed by atoms with Crippen molar-refractivity contribution in [2.24, 2.45) is 0 Å². The molecule has 0 atom stereocenters. The highest BCUT2D eigenvalue weighted by Crippen LogP contribution is 2.13. The fourth-order valence-corrected chi connectivity index (χ4v) is 1.10. The van der Waals surface area contributed by atoms with E-state index in [-0.39, 0.29) is 38.9 Å². The van der Waals surface area contributed by atoms with Crippen molar-refractivity contribution in [3.8, 4) is 0 Å². The molecular formula is C11H16F3NO8. The van der Waals surface area contributed by atoms with Crippen LogP contribution < -0.4 is 0 Å². The van der Waals surface area contributed by atoms with Gasteiger partial charge in [-0.1, -0.05) is 0 Å². The first-order valence-electron chi connectivity index (χ1n) is 6.04. The summed E-state index contributed by atoms with van der Waals surface area (Å²) in [5, 5.41) is 32.5. The van der Waals surface area contributed by atoms with Crippen molar-refractivity contribution in [1.82, 2.24) is 4.90 Å². The average molecular weight is 347 g/mol. The molecular weight excluding hydrogens is 331 g/mol. The van der Waals surface area contributed by atoms with Gasteiger partial charge in [0, 0.05) is 19.6 Å². The Morgan fingerprint density at radius 2 is 0.913 bits per heavy atom. The van der Waals surface area contributed by atoms with Gasteiger partial charge in [0.2, 0.25) is 0 Å². The van der Waals surface area contributed by atoms with Crippen LogP contribution in [0.2, 0.25) is 0 Å². The molecule has 134 valence electrons. The molecule has 0 aliphatic heterocycles. The summed E-state index contributed by atoms with van der Waals surface area (Å²) >= 11 is 0. The molecule has 0 aromatic rings. The van der Waals surface area contributed by atoms with Crippen LogP contribution in [-0.4, -0.2) is 75.0 Å².